The number of hydrogen-bond donors (Lipinski definition) is 10. The van der Waals surface area contributed by atoms with Gasteiger partial charge in [-0.1, -0.05) is 0 Å². The van der Waals surface area contributed by atoms with E-state index in [0.717, 1.165) is 18.2 Å². The molecular weight excluding hydrogens is 460 g/mol. The van der Waals surface area contributed by atoms with E-state index in [2.05, 4.69) is 0 Å². The maximum absolute atomic E-state index is 12.9. The van der Waals surface area contributed by atoms with Crippen molar-refractivity contribution in [1.29, 1.82) is 0 Å². The summed E-state index contributed by atoms with van der Waals surface area (Å²) in [4.78, 5) is 12.9. The fourth-order valence-corrected chi connectivity index (χ4v) is 4.01. The first-order chi connectivity index (χ1) is 15.9. The molecule has 13 nitrogen and oxygen atoms in total. The van der Waals surface area contributed by atoms with Crippen molar-refractivity contribution in [1.82, 2.24) is 0 Å². The third-order valence-corrected chi connectivity index (χ3v) is 5.77. The van der Waals surface area contributed by atoms with Gasteiger partial charge >= 0.3 is 0 Å². The van der Waals surface area contributed by atoms with Gasteiger partial charge in [-0.3, -0.25) is 4.79 Å². The monoisotopic (exact) mass is 480 g/mol. The third kappa shape index (κ3) is 3.22. The summed E-state index contributed by atoms with van der Waals surface area (Å²) in [7, 11) is 0. The molecule has 2 aromatic carbocycles. The predicted octanol–water partition coefficient (Wildman–Crippen LogP) is -1.39. The number of aromatic hydroxyl groups is 5. The van der Waals surface area contributed by atoms with E-state index >= 15 is 0 Å². The second-order valence-corrected chi connectivity index (χ2v) is 7.77. The van der Waals surface area contributed by atoms with Crippen LogP contribution in [0.4, 0.5) is 0 Å². The molecule has 1 aromatic heterocycles. The molecule has 0 spiro atoms. The average Bonchev–Trinajstić information content (AvgIpc) is 2.79. The molecular formula is C21H20O13. The van der Waals surface area contributed by atoms with E-state index in [-0.39, 0.29) is 5.56 Å². The van der Waals surface area contributed by atoms with Gasteiger partial charge in [0.25, 0.3) is 0 Å². The SMILES string of the molecule is O=c1c(O)c(-c2ccc(O)c(O)c2)oc2cc(O)c([C@]3(O)[C@@H](O)[C@@H](O)O[C@H](CO)[C@@H]3O)c(O)c12. The van der Waals surface area contributed by atoms with Crippen LogP contribution in [0.15, 0.2) is 33.5 Å². The molecule has 13 heteroatoms. The van der Waals surface area contributed by atoms with Crippen LogP contribution < -0.4 is 5.43 Å². The Balaban J connectivity index is 1.99. The van der Waals surface area contributed by atoms with Crippen LogP contribution in [0.3, 0.4) is 0 Å². The first kappa shape index (κ1) is 23.6. The van der Waals surface area contributed by atoms with E-state index in [1.54, 1.807) is 0 Å². The lowest BCUT2D eigenvalue weighted by Gasteiger charge is -2.46. The summed E-state index contributed by atoms with van der Waals surface area (Å²) >= 11 is 0. The van der Waals surface area contributed by atoms with Crippen LogP contribution in [0, 0.1) is 0 Å². The number of benzene rings is 2. The standard InChI is InChI=1S/C21H20O13/c22-5-11-18(29)21(32,19(30)20(31)34-11)13-9(25)4-10-12(14(13)26)15(27)16(28)17(33-10)6-1-2-7(23)8(24)3-6/h1-4,11,18-20,22-26,28-32H,5H2/t11-,18+,19+,20+,21-/m1/s1. The van der Waals surface area contributed by atoms with Gasteiger partial charge in [-0.2, -0.15) is 0 Å². The van der Waals surface area contributed by atoms with E-state index in [9.17, 15) is 55.9 Å². The zero-order chi connectivity index (χ0) is 25.1. The van der Waals surface area contributed by atoms with E-state index in [0.29, 0.717) is 0 Å². The van der Waals surface area contributed by atoms with Crippen molar-refractivity contribution in [3.8, 4) is 40.1 Å². The molecule has 3 aromatic rings. The van der Waals surface area contributed by atoms with Crippen molar-refractivity contribution in [3.05, 3.63) is 40.1 Å². The van der Waals surface area contributed by atoms with E-state index in [1.165, 1.54) is 6.07 Å². The lowest BCUT2D eigenvalue weighted by Crippen LogP contribution is -2.65. The van der Waals surface area contributed by atoms with E-state index in [1.807, 2.05) is 0 Å². The van der Waals surface area contributed by atoms with Crippen LogP contribution in [0.5, 0.6) is 28.7 Å². The fraction of sp³-hybridized carbons (Fsp3) is 0.286. The van der Waals surface area contributed by atoms with E-state index in [4.69, 9.17) is 9.15 Å². The summed E-state index contributed by atoms with van der Waals surface area (Å²) in [5.41, 5.74) is -5.87. The quantitative estimate of drug-likeness (QED) is 0.194. The molecule has 2 heterocycles. The van der Waals surface area contributed by atoms with Crippen molar-refractivity contribution >= 4 is 11.0 Å². The van der Waals surface area contributed by atoms with Gasteiger partial charge in [-0.25, -0.2) is 0 Å². The number of phenolic OH excluding ortho intramolecular Hbond substituents is 4. The molecule has 0 radical (unpaired) electrons. The molecule has 1 aliphatic heterocycles. The Morgan fingerprint density at radius 3 is 2.18 bits per heavy atom. The Bertz CT molecular complexity index is 1330. The van der Waals surface area contributed by atoms with E-state index < -0.39 is 93.3 Å². The molecule has 182 valence electrons. The summed E-state index contributed by atoms with van der Waals surface area (Å²) < 4.78 is 10.2. The van der Waals surface area contributed by atoms with Crippen molar-refractivity contribution in [2.45, 2.75) is 30.2 Å². The van der Waals surface area contributed by atoms with Crippen LogP contribution in [-0.4, -0.2) is 82.3 Å². The molecule has 0 bridgehead atoms. The summed E-state index contributed by atoms with van der Waals surface area (Å²) in [6, 6.07) is 3.96. The number of ether oxygens (including phenoxy) is 1. The second kappa shape index (κ2) is 8.02. The predicted molar refractivity (Wildman–Crippen MR) is 110 cm³/mol. The minimum atomic E-state index is -3.04. The maximum Gasteiger partial charge on any atom is 0.238 e. The highest BCUT2D eigenvalue weighted by atomic mass is 16.6. The minimum absolute atomic E-state index is 0.0577. The topological polar surface area (TPSA) is 242 Å². The Morgan fingerprint density at radius 1 is 0.882 bits per heavy atom. The highest BCUT2D eigenvalue weighted by molar-refractivity contribution is 5.90. The van der Waals surface area contributed by atoms with Crippen LogP contribution in [0.25, 0.3) is 22.3 Å². The van der Waals surface area contributed by atoms with Crippen LogP contribution in [-0.2, 0) is 10.3 Å². The molecule has 1 aliphatic rings. The number of aliphatic hydroxyl groups is 5. The lowest BCUT2D eigenvalue weighted by atomic mass is 9.77. The maximum atomic E-state index is 12.9. The molecule has 4 rings (SSSR count). The lowest BCUT2D eigenvalue weighted by molar-refractivity contribution is -0.326. The van der Waals surface area contributed by atoms with Crippen molar-refractivity contribution in [2.24, 2.45) is 0 Å². The third-order valence-electron chi connectivity index (χ3n) is 5.77. The molecule has 34 heavy (non-hydrogen) atoms. The highest BCUT2D eigenvalue weighted by Gasteiger charge is 2.58. The summed E-state index contributed by atoms with van der Waals surface area (Å²) in [5.74, 6) is -4.84. The normalized spacial score (nSPS) is 27.2. The van der Waals surface area contributed by atoms with Gasteiger partial charge in [0.05, 0.1) is 12.2 Å². The fourth-order valence-electron chi connectivity index (χ4n) is 4.01. The second-order valence-electron chi connectivity index (χ2n) is 7.77. The Hall–Kier alpha value is -3.59. The molecule has 1 fully saturated rings. The molecule has 0 unspecified atom stereocenters. The summed E-state index contributed by atoms with van der Waals surface area (Å²) in [5, 5.41) is 101. The van der Waals surface area contributed by atoms with Crippen LogP contribution in [0.1, 0.15) is 5.56 Å². The van der Waals surface area contributed by atoms with Gasteiger partial charge in [-0.15, -0.1) is 0 Å². The number of rotatable bonds is 3. The molecule has 10 N–H and O–H groups in total. The highest BCUT2D eigenvalue weighted by Crippen LogP contribution is 2.48. The van der Waals surface area contributed by atoms with Gasteiger partial charge in [0.15, 0.2) is 29.2 Å². The Kier molecular flexibility index (Phi) is 5.56. The van der Waals surface area contributed by atoms with Gasteiger partial charge in [0, 0.05) is 11.6 Å². The molecule has 0 aliphatic carbocycles. The Morgan fingerprint density at radius 2 is 1.56 bits per heavy atom. The van der Waals surface area contributed by atoms with Gasteiger partial charge in [0.2, 0.25) is 11.2 Å². The molecule has 1 saturated heterocycles. The average molecular weight is 480 g/mol. The summed E-state index contributed by atoms with van der Waals surface area (Å²) in [6.45, 7) is -0.936. The Labute approximate surface area is 188 Å². The number of phenols is 4. The number of hydrogen-bond acceptors (Lipinski definition) is 13. The van der Waals surface area contributed by atoms with Gasteiger partial charge in [0.1, 0.15) is 40.8 Å². The smallest absolute Gasteiger partial charge is 0.238 e. The number of aliphatic hydroxyl groups excluding tert-OH is 4. The van der Waals surface area contributed by atoms with Crippen molar-refractivity contribution in [2.75, 3.05) is 6.61 Å². The van der Waals surface area contributed by atoms with Crippen molar-refractivity contribution < 1.29 is 60.2 Å². The minimum Gasteiger partial charge on any atom is -0.507 e. The van der Waals surface area contributed by atoms with Crippen molar-refractivity contribution in [3.63, 3.8) is 0 Å². The first-order valence-corrected chi connectivity index (χ1v) is 9.73. The first-order valence-electron chi connectivity index (χ1n) is 9.73. The molecule has 0 saturated carbocycles. The zero-order valence-corrected chi connectivity index (χ0v) is 17.0. The zero-order valence-electron chi connectivity index (χ0n) is 17.0. The van der Waals surface area contributed by atoms with Gasteiger partial charge < -0.3 is 60.2 Å². The van der Waals surface area contributed by atoms with Gasteiger partial charge in [-0.05, 0) is 18.2 Å². The van der Waals surface area contributed by atoms with Crippen LogP contribution in [0.2, 0.25) is 0 Å². The molecule has 0 amide bonds. The number of fused-ring (bicyclic) bond motifs is 1. The summed E-state index contributed by atoms with van der Waals surface area (Å²) in [6.07, 6.45) is -8.40. The molecule has 5 atom stereocenters. The van der Waals surface area contributed by atoms with Crippen LogP contribution >= 0.6 is 0 Å². The largest absolute Gasteiger partial charge is 0.507 e.